The molecule has 0 saturated carbocycles. The van der Waals surface area contributed by atoms with Crippen LogP contribution < -0.4 is 5.73 Å². The summed E-state index contributed by atoms with van der Waals surface area (Å²) in [6.45, 7) is 0. The molecule has 0 spiro atoms. The second kappa shape index (κ2) is 3.52. The Hall–Kier alpha value is -0.840. The molecule has 1 rings (SSSR count). The lowest BCUT2D eigenvalue weighted by atomic mass is 10.4. The highest BCUT2D eigenvalue weighted by Gasteiger charge is 2.06. The van der Waals surface area contributed by atoms with Crippen molar-refractivity contribution >= 4 is 17.4 Å². The summed E-state index contributed by atoms with van der Waals surface area (Å²) in [5, 5.41) is 0. The van der Waals surface area contributed by atoms with Gasteiger partial charge in [0.15, 0.2) is 0 Å². The minimum absolute atomic E-state index is 0.290. The normalized spacial score (nSPS) is 10.5. The number of rotatable bonds is 2. The highest BCUT2D eigenvalue weighted by molar-refractivity contribution is 7.99. The molecule has 0 saturated heterocycles. The summed E-state index contributed by atoms with van der Waals surface area (Å²) in [5.74, 6) is -2.43. The molecule has 0 aromatic carbocycles. The van der Waals surface area contributed by atoms with Gasteiger partial charge in [-0.3, -0.25) is 4.98 Å². The van der Waals surface area contributed by atoms with Crippen LogP contribution >= 0.6 is 11.8 Å². The van der Waals surface area contributed by atoms with E-state index >= 15 is 0 Å². The molecular formula is C6H6F2N2S. The Balaban J connectivity index is 2.78. The highest BCUT2D eigenvalue weighted by Crippen LogP contribution is 2.28. The predicted molar refractivity (Wildman–Crippen MR) is 40.5 cm³/mol. The largest absolute Gasteiger partial charge is 0.397 e. The van der Waals surface area contributed by atoms with Crippen LogP contribution in [-0.2, 0) is 0 Å². The smallest absolute Gasteiger partial charge is 0.288 e. The van der Waals surface area contributed by atoms with Crippen molar-refractivity contribution in [1.82, 2.24) is 4.98 Å². The molecule has 2 N–H and O–H groups in total. The molecule has 0 unspecified atom stereocenters. The summed E-state index contributed by atoms with van der Waals surface area (Å²) in [5.41, 5.74) is 5.64. The molecule has 0 fully saturated rings. The van der Waals surface area contributed by atoms with Gasteiger partial charge in [-0.25, -0.2) is 0 Å². The molecule has 5 heteroatoms. The van der Waals surface area contributed by atoms with Gasteiger partial charge in [0, 0.05) is 11.1 Å². The van der Waals surface area contributed by atoms with E-state index in [9.17, 15) is 8.78 Å². The van der Waals surface area contributed by atoms with Crippen molar-refractivity contribution in [3.63, 3.8) is 0 Å². The van der Waals surface area contributed by atoms with Crippen LogP contribution in [-0.4, -0.2) is 10.7 Å². The maximum atomic E-state index is 11.8. The fourth-order valence-electron chi connectivity index (χ4n) is 0.597. The van der Waals surface area contributed by atoms with Gasteiger partial charge in [0.25, 0.3) is 5.76 Å². The van der Waals surface area contributed by atoms with Gasteiger partial charge in [0.2, 0.25) is 0 Å². The monoisotopic (exact) mass is 176 g/mol. The van der Waals surface area contributed by atoms with E-state index in [1.807, 2.05) is 0 Å². The van der Waals surface area contributed by atoms with Crippen molar-refractivity contribution in [2.45, 2.75) is 10.7 Å². The summed E-state index contributed by atoms with van der Waals surface area (Å²) in [6.07, 6.45) is 2.78. The average molecular weight is 176 g/mol. The summed E-state index contributed by atoms with van der Waals surface area (Å²) in [4.78, 5) is 4.04. The Morgan fingerprint density at radius 1 is 1.55 bits per heavy atom. The molecule has 1 aromatic rings. The van der Waals surface area contributed by atoms with Crippen LogP contribution in [0, 0.1) is 0 Å². The van der Waals surface area contributed by atoms with Crippen molar-refractivity contribution in [2.24, 2.45) is 0 Å². The zero-order chi connectivity index (χ0) is 8.27. The molecule has 11 heavy (non-hydrogen) atoms. The van der Waals surface area contributed by atoms with Crippen LogP contribution in [0.3, 0.4) is 0 Å². The third-order valence-electron chi connectivity index (χ3n) is 1.03. The van der Waals surface area contributed by atoms with Crippen LogP contribution in [0.4, 0.5) is 14.5 Å². The molecule has 0 radical (unpaired) electrons. The van der Waals surface area contributed by atoms with E-state index in [0.29, 0.717) is 16.7 Å². The van der Waals surface area contributed by atoms with Crippen LogP contribution in [0.1, 0.15) is 0 Å². The van der Waals surface area contributed by atoms with Gasteiger partial charge in [-0.15, -0.1) is 0 Å². The van der Waals surface area contributed by atoms with E-state index in [1.165, 1.54) is 18.5 Å². The number of alkyl halides is 2. The second-order valence-electron chi connectivity index (χ2n) is 1.79. The van der Waals surface area contributed by atoms with Crippen molar-refractivity contribution < 1.29 is 8.78 Å². The van der Waals surface area contributed by atoms with E-state index in [4.69, 9.17) is 5.73 Å². The number of nitrogens with two attached hydrogens (primary N) is 1. The van der Waals surface area contributed by atoms with Gasteiger partial charge in [0.05, 0.1) is 11.9 Å². The number of thioether (sulfide) groups is 1. The molecule has 1 heterocycles. The predicted octanol–water partition coefficient (Wildman–Crippen LogP) is 1.98. The molecule has 0 aliphatic heterocycles. The van der Waals surface area contributed by atoms with Gasteiger partial charge in [0.1, 0.15) is 0 Å². The topological polar surface area (TPSA) is 38.9 Å². The van der Waals surface area contributed by atoms with E-state index in [2.05, 4.69) is 4.98 Å². The summed E-state index contributed by atoms with van der Waals surface area (Å²) >= 11 is 0.427. The van der Waals surface area contributed by atoms with Gasteiger partial charge >= 0.3 is 0 Å². The van der Waals surface area contributed by atoms with Crippen molar-refractivity contribution in [1.29, 1.82) is 0 Å². The Bertz CT molecular complexity index is 242. The quantitative estimate of drug-likeness (QED) is 0.700. The molecule has 0 atom stereocenters. The Morgan fingerprint density at radius 2 is 2.27 bits per heavy atom. The number of anilines is 1. The summed E-state index contributed by atoms with van der Waals surface area (Å²) in [6, 6.07) is 1.46. The SMILES string of the molecule is Nc1cnccc1SC(F)F. The molecule has 0 amide bonds. The van der Waals surface area contributed by atoms with Crippen LogP contribution in [0.15, 0.2) is 23.4 Å². The molecule has 0 aliphatic carbocycles. The highest BCUT2D eigenvalue weighted by atomic mass is 32.2. The van der Waals surface area contributed by atoms with E-state index in [0.717, 1.165) is 0 Å². The minimum Gasteiger partial charge on any atom is -0.397 e. The summed E-state index contributed by atoms with van der Waals surface area (Å²) < 4.78 is 23.6. The number of hydrogen-bond acceptors (Lipinski definition) is 3. The fourth-order valence-corrected chi connectivity index (χ4v) is 1.12. The fraction of sp³-hybridized carbons (Fsp3) is 0.167. The second-order valence-corrected chi connectivity index (χ2v) is 2.82. The van der Waals surface area contributed by atoms with Gasteiger partial charge in [-0.2, -0.15) is 8.78 Å². The molecule has 1 aromatic heterocycles. The van der Waals surface area contributed by atoms with E-state index in [-0.39, 0.29) is 5.69 Å². The molecule has 2 nitrogen and oxygen atoms in total. The molecule has 0 bridgehead atoms. The third kappa shape index (κ3) is 2.34. The lowest BCUT2D eigenvalue weighted by Crippen LogP contribution is -1.91. The first-order valence-corrected chi connectivity index (χ1v) is 3.72. The van der Waals surface area contributed by atoms with Crippen LogP contribution in [0.25, 0.3) is 0 Å². The van der Waals surface area contributed by atoms with E-state index < -0.39 is 5.76 Å². The van der Waals surface area contributed by atoms with E-state index in [1.54, 1.807) is 0 Å². The van der Waals surface area contributed by atoms with Crippen LogP contribution in [0.2, 0.25) is 0 Å². The number of nitrogens with zero attached hydrogens (tertiary/aromatic N) is 1. The minimum atomic E-state index is -2.43. The van der Waals surface area contributed by atoms with Gasteiger partial charge < -0.3 is 5.73 Å². The average Bonchev–Trinajstić information content (AvgIpc) is 1.93. The first-order chi connectivity index (χ1) is 5.20. The number of nitrogen functional groups attached to an aromatic ring is 1. The zero-order valence-corrected chi connectivity index (χ0v) is 6.31. The summed E-state index contributed by atoms with van der Waals surface area (Å²) in [7, 11) is 0. The number of pyridine rings is 1. The number of aromatic nitrogens is 1. The maximum absolute atomic E-state index is 11.8. The van der Waals surface area contributed by atoms with Crippen molar-refractivity contribution in [2.75, 3.05) is 5.73 Å². The first-order valence-electron chi connectivity index (χ1n) is 2.84. The van der Waals surface area contributed by atoms with Gasteiger partial charge in [-0.1, -0.05) is 11.8 Å². The maximum Gasteiger partial charge on any atom is 0.288 e. The Morgan fingerprint density at radius 3 is 2.82 bits per heavy atom. The first kappa shape index (κ1) is 8.26. The molecule has 0 aliphatic rings. The Kier molecular flexibility index (Phi) is 2.64. The number of hydrogen-bond donors (Lipinski definition) is 1. The third-order valence-corrected chi connectivity index (χ3v) is 1.83. The van der Waals surface area contributed by atoms with Gasteiger partial charge in [-0.05, 0) is 6.07 Å². The zero-order valence-electron chi connectivity index (χ0n) is 5.50. The standard InChI is InChI=1S/C6H6F2N2S/c7-6(8)11-5-1-2-10-3-4(5)9/h1-3,6H,9H2. The Labute approximate surface area is 66.8 Å². The lowest BCUT2D eigenvalue weighted by Gasteiger charge is -2.01. The number of halogens is 2. The molecular weight excluding hydrogens is 170 g/mol. The molecule has 60 valence electrons. The lowest BCUT2D eigenvalue weighted by molar-refractivity contribution is 0.252. The van der Waals surface area contributed by atoms with Crippen LogP contribution in [0.5, 0.6) is 0 Å². The van der Waals surface area contributed by atoms with Crippen molar-refractivity contribution in [3.05, 3.63) is 18.5 Å². The van der Waals surface area contributed by atoms with Crippen molar-refractivity contribution in [3.8, 4) is 0 Å².